The average Bonchev–Trinajstić information content (AvgIpc) is 3.71. The van der Waals surface area contributed by atoms with Crippen LogP contribution in [-0.4, -0.2) is 33.5 Å². The zero-order chi connectivity index (χ0) is 28.9. The third-order valence-corrected chi connectivity index (χ3v) is 7.68. The van der Waals surface area contributed by atoms with Crippen LogP contribution in [0.5, 0.6) is 0 Å². The second-order valence-electron chi connectivity index (χ2n) is 10.1. The van der Waals surface area contributed by atoms with Gasteiger partial charge in [-0.25, -0.2) is 14.5 Å². The van der Waals surface area contributed by atoms with Crippen LogP contribution in [-0.2, 0) is 0 Å². The van der Waals surface area contributed by atoms with Gasteiger partial charge in [0.2, 0.25) is 11.7 Å². The third-order valence-electron chi connectivity index (χ3n) is 7.68. The quantitative estimate of drug-likeness (QED) is 0.208. The van der Waals surface area contributed by atoms with Crippen molar-refractivity contribution in [1.82, 2.24) is 33.5 Å². The second-order valence-corrected chi connectivity index (χ2v) is 10.1. The molecule has 0 fully saturated rings. The smallest absolute Gasteiger partial charge is 0.241 e. The molecule has 0 saturated carbocycles. The predicted molar refractivity (Wildman–Crippen MR) is 173 cm³/mol. The van der Waals surface area contributed by atoms with Gasteiger partial charge in [0.15, 0.2) is 17.3 Å². The monoisotopic (exact) mass is 555 g/mol. The van der Waals surface area contributed by atoms with Crippen LogP contribution in [0, 0.1) is 0 Å². The molecule has 0 bridgehead atoms. The first-order valence-electron chi connectivity index (χ1n) is 14.0. The fraction of sp³-hybridized carbons (Fsp3) is 0. The number of hydrogen-bond donors (Lipinski definition) is 0. The first kappa shape index (κ1) is 24.7. The molecular formula is C36H25N7. The van der Waals surface area contributed by atoms with E-state index in [2.05, 4.69) is 52.5 Å². The first-order chi connectivity index (χ1) is 21.3. The Balaban J connectivity index is 1.50. The van der Waals surface area contributed by atoms with Crippen LogP contribution in [0.25, 0.3) is 74.4 Å². The number of rotatable bonds is 6. The van der Waals surface area contributed by atoms with Gasteiger partial charge >= 0.3 is 0 Å². The van der Waals surface area contributed by atoms with Crippen molar-refractivity contribution >= 4 is 40.0 Å². The molecule has 4 aromatic heterocycles. The number of para-hydroxylation sites is 2. The Kier molecular flexibility index (Phi) is 5.62. The van der Waals surface area contributed by atoms with Gasteiger partial charge in [0.25, 0.3) is 0 Å². The molecule has 0 unspecified atom stereocenters. The summed E-state index contributed by atoms with van der Waals surface area (Å²) in [5.41, 5.74) is 7.33. The molecule has 0 atom stereocenters. The molecule has 0 aliphatic carbocycles. The molecule has 0 amide bonds. The summed E-state index contributed by atoms with van der Waals surface area (Å²) in [6.45, 7) is 8.38. The molecule has 8 aromatic rings. The lowest BCUT2D eigenvalue weighted by atomic mass is 10.2. The van der Waals surface area contributed by atoms with Crippen molar-refractivity contribution < 1.29 is 0 Å². The summed E-state index contributed by atoms with van der Waals surface area (Å²) in [5.74, 6) is 2.25. The Hall–Kier alpha value is -6.08. The molecule has 0 N–H and O–H groups in total. The van der Waals surface area contributed by atoms with E-state index in [9.17, 15) is 0 Å². The largest absolute Gasteiger partial charge is 0.294 e. The maximum absolute atomic E-state index is 5.26. The summed E-state index contributed by atoms with van der Waals surface area (Å²) >= 11 is 0. The Bertz CT molecular complexity index is 2250. The van der Waals surface area contributed by atoms with Crippen molar-refractivity contribution in [2.75, 3.05) is 0 Å². The van der Waals surface area contributed by atoms with Gasteiger partial charge in [0.1, 0.15) is 5.52 Å². The molecule has 0 aliphatic rings. The molecule has 4 aromatic carbocycles. The number of benzene rings is 4. The average molecular weight is 556 g/mol. The van der Waals surface area contributed by atoms with Crippen LogP contribution in [0.2, 0.25) is 0 Å². The topological polar surface area (TPSA) is 65.8 Å². The van der Waals surface area contributed by atoms with Crippen LogP contribution in [0.3, 0.4) is 0 Å². The minimum Gasteiger partial charge on any atom is -0.294 e. The number of imidazole rings is 2. The lowest BCUT2D eigenvalue weighted by molar-refractivity contribution is 0.913. The minimum atomic E-state index is 0.448. The molecule has 204 valence electrons. The minimum absolute atomic E-state index is 0.448. The Morgan fingerprint density at radius 2 is 1.09 bits per heavy atom. The molecule has 7 heteroatoms. The van der Waals surface area contributed by atoms with E-state index in [0.717, 1.165) is 50.3 Å². The molecule has 0 spiro atoms. The molecular weight excluding hydrogens is 530 g/mol. The Morgan fingerprint density at radius 3 is 1.70 bits per heavy atom. The highest BCUT2D eigenvalue weighted by molar-refractivity contribution is 6.07. The van der Waals surface area contributed by atoms with Crippen LogP contribution >= 0.6 is 0 Å². The summed E-state index contributed by atoms with van der Waals surface area (Å²) in [6, 6.07) is 38.5. The van der Waals surface area contributed by atoms with E-state index < -0.39 is 0 Å². The maximum atomic E-state index is 5.26. The van der Waals surface area contributed by atoms with Gasteiger partial charge < -0.3 is 0 Å². The molecule has 0 aliphatic heterocycles. The first-order valence-corrected chi connectivity index (χ1v) is 14.0. The zero-order valence-electron chi connectivity index (χ0n) is 23.2. The molecule has 8 rings (SSSR count). The van der Waals surface area contributed by atoms with Crippen LogP contribution < -0.4 is 0 Å². The maximum Gasteiger partial charge on any atom is 0.241 e. The Morgan fingerprint density at radius 1 is 0.535 bits per heavy atom. The molecule has 43 heavy (non-hydrogen) atoms. The van der Waals surface area contributed by atoms with Gasteiger partial charge in [0.05, 0.1) is 16.9 Å². The summed E-state index contributed by atoms with van der Waals surface area (Å²) < 4.78 is 6.32. The van der Waals surface area contributed by atoms with Gasteiger partial charge in [-0.1, -0.05) is 110 Å². The normalized spacial score (nSPS) is 11.4. The molecule has 0 radical (unpaired) electrons. The highest BCUT2D eigenvalue weighted by atomic mass is 15.3. The lowest BCUT2D eigenvalue weighted by Crippen LogP contribution is -2.08. The third kappa shape index (κ3) is 3.75. The SMILES string of the molecule is C=Cc1c(C=C)n2c(nc3c4ccccc4n(-c4ccccc4)c32)n1-c1nc(-c2ccccc2)nc(-c2ccccc2)n1. The van der Waals surface area contributed by atoms with E-state index in [1.54, 1.807) is 6.08 Å². The number of aromatic nitrogens is 7. The summed E-state index contributed by atoms with van der Waals surface area (Å²) in [5, 5.41) is 1.05. The van der Waals surface area contributed by atoms with E-state index in [1.807, 2.05) is 95.6 Å². The molecule has 7 nitrogen and oxygen atoms in total. The van der Waals surface area contributed by atoms with E-state index >= 15 is 0 Å². The molecule has 0 saturated heterocycles. The van der Waals surface area contributed by atoms with E-state index in [1.165, 1.54) is 0 Å². The van der Waals surface area contributed by atoms with Gasteiger partial charge in [-0.2, -0.15) is 9.97 Å². The summed E-state index contributed by atoms with van der Waals surface area (Å²) in [6.07, 6.45) is 3.65. The fourth-order valence-electron chi connectivity index (χ4n) is 5.80. The lowest BCUT2D eigenvalue weighted by Gasteiger charge is -2.10. The van der Waals surface area contributed by atoms with E-state index in [0.29, 0.717) is 23.4 Å². The Labute approximate surface area is 247 Å². The van der Waals surface area contributed by atoms with E-state index in [-0.39, 0.29) is 0 Å². The van der Waals surface area contributed by atoms with Gasteiger partial charge in [-0.05, 0) is 30.4 Å². The fourth-order valence-corrected chi connectivity index (χ4v) is 5.80. The number of hydrogen-bond acceptors (Lipinski definition) is 4. The van der Waals surface area contributed by atoms with Crippen molar-refractivity contribution in [2.24, 2.45) is 0 Å². The highest BCUT2D eigenvalue weighted by Gasteiger charge is 2.26. The van der Waals surface area contributed by atoms with Crippen molar-refractivity contribution in [3.63, 3.8) is 0 Å². The summed E-state index contributed by atoms with van der Waals surface area (Å²) in [7, 11) is 0. The van der Waals surface area contributed by atoms with Gasteiger partial charge in [-0.15, -0.1) is 0 Å². The highest BCUT2D eigenvalue weighted by Crippen LogP contribution is 2.36. The van der Waals surface area contributed by atoms with E-state index in [4.69, 9.17) is 19.9 Å². The number of fused-ring (bicyclic) bond motifs is 5. The zero-order valence-corrected chi connectivity index (χ0v) is 23.2. The standard InChI is InChI=1S/C36H25N7/c1-3-28-29(4-2)43(35-39-32(24-16-8-5-9-17-24)38-33(40-35)25-18-10-6-11-19-25)36-37-31-27-22-14-15-23-30(27)41(34(31)42(28)36)26-20-12-7-13-21-26/h3-23H,1-2H2. The van der Waals surface area contributed by atoms with Gasteiger partial charge in [0, 0.05) is 22.2 Å². The second kappa shape index (κ2) is 9.78. The van der Waals surface area contributed by atoms with Crippen LogP contribution in [0.15, 0.2) is 128 Å². The van der Waals surface area contributed by atoms with Crippen molar-refractivity contribution in [3.8, 4) is 34.4 Å². The van der Waals surface area contributed by atoms with Crippen molar-refractivity contribution in [2.45, 2.75) is 0 Å². The van der Waals surface area contributed by atoms with Crippen molar-refractivity contribution in [3.05, 3.63) is 140 Å². The van der Waals surface area contributed by atoms with Crippen LogP contribution in [0.1, 0.15) is 11.4 Å². The van der Waals surface area contributed by atoms with Crippen LogP contribution in [0.4, 0.5) is 0 Å². The predicted octanol–water partition coefficient (Wildman–Crippen LogP) is 8.03. The van der Waals surface area contributed by atoms with Gasteiger partial charge in [-0.3, -0.25) is 8.97 Å². The molecule has 4 heterocycles. The van der Waals surface area contributed by atoms with Crippen molar-refractivity contribution in [1.29, 1.82) is 0 Å². The number of nitrogens with zero attached hydrogens (tertiary/aromatic N) is 7. The summed E-state index contributed by atoms with van der Waals surface area (Å²) in [4.78, 5) is 20.1.